The molecule has 3 nitrogen and oxygen atoms in total. The number of nitrogens with one attached hydrogen (secondary N) is 1. The van der Waals surface area contributed by atoms with Gasteiger partial charge in [0.05, 0.1) is 0 Å². The monoisotopic (exact) mass is 280 g/mol. The SMILES string of the molecule is N[C@@H](C(=O)Nc1cccc2c1CCCC2)c1ccccc1. The molecule has 0 saturated carbocycles. The summed E-state index contributed by atoms with van der Waals surface area (Å²) in [5.74, 6) is -0.153. The maximum absolute atomic E-state index is 12.4. The fraction of sp³-hybridized carbons (Fsp3) is 0.278. The zero-order valence-electron chi connectivity index (χ0n) is 12.0. The van der Waals surface area contributed by atoms with Gasteiger partial charge in [-0.1, -0.05) is 42.5 Å². The van der Waals surface area contributed by atoms with Crippen molar-refractivity contribution in [2.24, 2.45) is 5.73 Å². The number of anilines is 1. The van der Waals surface area contributed by atoms with Crippen molar-refractivity contribution in [2.45, 2.75) is 31.7 Å². The molecule has 0 heterocycles. The third-order valence-corrected chi connectivity index (χ3v) is 4.09. The van der Waals surface area contributed by atoms with E-state index < -0.39 is 6.04 Å². The second-order valence-corrected chi connectivity index (χ2v) is 5.53. The first-order valence-corrected chi connectivity index (χ1v) is 7.48. The van der Waals surface area contributed by atoms with Gasteiger partial charge in [-0.2, -0.15) is 0 Å². The zero-order chi connectivity index (χ0) is 14.7. The number of benzene rings is 2. The lowest BCUT2D eigenvalue weighted by molar-refractivity contribution is -0.117. The van der Waals surface area contributed by atoms with E-state index in [2.05, 4.69) is 11.4 Å². The Hall–Kier alpha value is -2.13. The summed E-state index contributed by atoms with van der Waals surface area (Å²) in [4.78, 5) is 12.4. The van der Waals surface area contributed by atoms with Crippen LogP contribution in [0.5, 0.6) is 0 Å². The highest BCUT2D eigenvalue weighted by atomic mass is 16.2. The van der Waals surface area contributed by atoms with E-state index in [1.165, 1.54) is 24.0 Å². The topological polar surface area (TPSA) is 55.1 Å². The van der Waals surface area contributed by atoms with Crippen molar-refractivity contribution in [3.8, 4) is 0 Å². The van der Waals surface area contributed by atoms with Crippen molar-refractivity contribution in [3.63, 3.8) is 0 Å². The van der Waals surface area contributed by atoms with Crippen LogP contribution in [0.2, 0.25) is 0 Å². The van der Waals surface area contributed by atoms with Gasteiger partial charge >= 0.3 is 0 Å². The van der Waals surface area contributed by atoms with Crippen LogP contribution in [0.3, 0.4) is 0 Å². The number of hydrogen-bond donors (Lipinski definition) is 2. The molecule has 3 N–H and O–H groups in total. The zero-order valence-corrected chi connectivity index (χ0v) is 12.0. The third kappa shape index (κ3) is 2.98. The van der Waals surface area contributed by atoms with Gasteiger partial charge in [0.1, 0.15) is 6.04 Å². The van der Waals surface area contributed by atoms with Crippen LogP contribution in [0.15, 0.2) is 48.5 Å². The highest BCUT2D eigenvalue weighted by Crippen LogP contribution is 2.28. The largest absolute Gasteiger partial charge is 0.324 e. The van der Waals surface area contributed by atoms with Crippen LogP contribution in [-0.4, -0.2) is 5.91 Å². The summed E-state index contributed by atoms with van der Waals surface area (Å²) in [5.41, 5.74) is 10.4. The van der Waals surface area contributed by atoms with Gasteiger partial charge in [-0.05, 0) is 48.4 Å². The summed E-state index contributed by atoms with van der Waals surface area (Å²) in [6, 6.07) is 15.0. The molecule has 3 rings (SSSR count). The van der Waals surface area contributed by atoms with Gasteiger partial charge in [-0.25, -0.2) is 0 Å². The Kier molecular flexibility index (Phi) is 4.02. The van der Waals surface area contributed by atoms with Crippen molar-refractivity contribution in [2.75, 3.05) is 5.32 Å². The molecule has 2 aromatic rings. The van der Waals surface area contributed by atoms with Gasteiger partial charge in [-0.15, -0.1) is 0 Å². The molecule has 0 spiro atoms. The highest BCUT2D eigenvalue weighted by Gasteiger charge is 2.19. The van der Waals surface area contributed by atoms with Crippen molar-refractivity contribution >= 4 is 11.6 Å². The lowest BCUT2D eigenvalue weighted by Crippen LogP contribution is -2.28. The molecule has 0 aromatic heterocycles. The van der Waals surface area contributed by atoms with E-state index in [1.54, 1.807) is 0 Å². The Labute approximate surface area is 125 Å². The third-order valence-electron chi connectivity index (χ3n) is 4.09. The standard InChI is InChI=1S/C18H20N2O/c19-17(14-8-2-1-3-9-14)18(21)20-16-12-6-10-13-7-4-5-11-15(13)16/h1-3,6,8-10,12,17H,4-5,7,11,19H2,(H,20,21)/t17-/m1/s1. The molecule has 1 aliphatic carbocycles. The Bertz CT molecular complexity index is 637. The van der Waals surface area contributed by atoms with E-state index in [0.29, 0.717) is 0 Å². The van der Waals surface area contributed by atoms with Gasteiger partial charge in [0.15, 0.2) is 0 Å². The second kappa shape index (κ2) is 6.10. The summed E-state index contributed by atoms with van der Waals surface area (Å²) < 4.78 is 0. The van der Waals surface area contributed by atoms with Crippen LogP contribution >= 0.6 is 0 Å². The molecule has 0 radical (unpaired) electrons. The summed E-state index contributed by atoms with van der Waals surface area (Å²) in [6.07, 6.45) is 4.55. The van der Waals surface area contributed by atoms with Crippen LogP contribution in [0.25, 0.3) is 0 Å². The molecular formula is C18H20N2O. The molecule has 0 saturated heterocycles. The highest BCUT2D eigenvalue weighted by molar-refractivity contribution is 5.96. The van der Waals surface area contributed by atoms with Crippen LogP contribution < -0.4 is 11.1 Å². The Balaban J connectivity index is 1.79. The molecule has 1 atom stereocenters. The molecule has 3 heteroatoms. The maximum Gasteiger partial charge on any atom is 0.245 e. The molecule has 1 aliphatic rings. The predicted molar refractivity (Wildman–Crippen MR) is 85.1 cm³/mol. The van der Waals surface area contributed by atoms with Crippen molar-refractivity contribution in [1.29, 1.82) is 0 Å². The fourth-order valence-electron chi connectivity index (χ4n) is 2.92. The summed E-state index contributed by atoms with van der Waals surface area (Å²) >= 11 is 0. The summed E-state index contributed by atoms with van der Waals surface area (Å²) in [5, 5.41) is 3.00. The summed E-state index contributed by atoms with van der Waals surface area (Å²) in [7, 11) is 0. The van der Waals surface area contributed by atoms with E-state index in [-0.39, 0.29) is 5.91 Å². The minimum atomic E-state index is -0.634. The van der Waals surface area contributed by atoms with E-state index in [1.807, 2.05) is 42.5 Å². The molecule has 108 valence electrons. The van der Waals surface area contributed by atoms with E-state index in [4.69, 9.17) is 5.73 Å². The van der Waals surface area contributed by atoms with E-state index in [9.17, 15) is 4.79 Å². The van der Waals surface area contributed by atoms with E-state index in [0.717, 1.165) is 24.1 Å². The average molecular weight is 280 g/mol. The number of nitrogens with two attached hydrogens (primary N) is 1. The Morgan fingerprint density at radius 2 is 1.76 bits per heavy atom. The predicted octanol–water partition coefficient (Wildman–Crippen LogP) is 3.20. The normalized spacial score (nSPS) is 15.1. The summed E-state index contributed by atoms with van der Waals surface area (Å²) in [6.45, 7) is 0. The van der Waals surface area contributed by atoms with Gasteiger partial charge in [-0.3, -0.25) is 4.79 Å². The number of hydrogen-bond acceptors (Lipinski definition) is 2. The first-order valence-electron chi connectivity index (χ1n) is 7.48. The minimum absolute atomic E-state index is 0.153. The molecule has 21 heavy (non-hydrogen) atoms. The fourth-order valence-corrected chi connectivity index (χ4v) is 2.92. The van der Waals surface area contributed by atoms with Crippen LogP contribution in [0.1, 0.15) is 35.6 Å². The molecule has 0 bridgehead atoms. The van der Waals surface area contributed by atoms with Gasteiger partial charge in [0.2, 0.25) is 5.91 Å². The molecule has 0 unspecified atom stereocenters. The smallest absolute Gasteiger partial charge is 0.245 e. The molecule has 1 amide bonds. The average Bonchev–Trinajstić information content (AvgIpc) is 2.55. The number of fused-ring (bicyclic) bond motifs is 1. The lowest BCUT2D eigenvalue weighted by atomic mass is 9.90. The minimum Gasteiger partial charge on any atom is -0.324 e. The van der Waals surface area contributed by atoms with Crippen molar-refractivity contribution in [3.05, 3.63) is 65.2 Å². The van der Waals surface area contributed by atoms with Crippen LogP contribution in [0.4, 0.5) is 5.69 Å². The number of carbonyl (C=O) groups excluding carboxylic acids is 1. The van der Waals surface area contributed by atoms with Gasteiger partial charge < -0.3 is 11.1 Å². The number of amides is 1. The number of carbonyl (C=O) groups is 1. The van der Waals surface area contributed by atoms with Crippen molar-refractivity contribution in [1.82, 2.24) is 0 Å². The number of aryl methyl sites for hydroxylation is 1. The van der Waals surface area contributed by atoms with Crippen LogP contribution in [-0.2, 0) is 17.6 Å². The molecular weight excluding hydrogens is 260 g/mol. The first-order chi connectivity index (χ1) is 10.3. The van der Waals surface area contributed by atoms with Gasteiger partial charge in [0, 0.05) is 5.69 Å². The number of rotatable bonds is 3. The Morgan fingerprint density at radius 3 is 2.57 bits per heavy atom. The van der Waals surface area contributed by atoms with Crippen molar-refractivity contribution < 1.29 is 4.79 Å². The van der Waals surface area contributed by atoms with Crippen LogP contribution in [0, 0.1) is 0 Å². The lowest BCUT2D eigenvalue weighted by Gasteiger charge is -2.20. The quantitative estimate of drug-likeness (QED) is 0.907. The maximum atomic E-state index is 12.4. The molecule has 2 aromatic carbocycles. The van der Waals surface area contributed by atoms with E-state index >= 15 is 0 Å². The molecule has 0 aliphatic heterocycles. The van der Waals surface area contributed by atoms with Gasteiger partial charge in [0.25, 0.3) is 0 Å². The first kappa shape index (κ1) is 13.8. The molecule has 0 fully saturated rings. The Morgan fingerprint density at radius 1 is 1.00 bits per heavy atom. The second-order valence-electron chi connectivity index (χ2n) is 5.53.